The second-order valence-electron chi connectivity index (χ2n) is 7.76. The molecule has 0 unspecified atom stereocenters. The van der Waals surface area contributed by atoms with E-state index in [1.54, 1.807) is 6.20 Å². The Bertz CT molecular complexity index is 961. The number of hydrogen-bond acceptors (Lipinski definition) is 4. The van der Waals surface area contributed by atoms with Crippen molar-refractivity contribution in [3.05, 3.63) is 48.3 Å². The molecular weight excluding hydrogens is 380 g/mol. The number of imidazole rings is 1. The lowest BCUT2D eigenvalue weighted by molar-refractivity contribution is -0.115. The van der Waals surface area contributed by atoms with E-state index in [9.17, 15) is 4.79 Å². The smallest absolute Gasteiger partial charge is 0.224 e. The zero-order valence-electron chi connectivity index (χ0n) is 16.9. The second-order valence-corrected chi connectivity index (χ2v) is 8.75. The standard InChI is InChI=1S/C23H28N4OS/c1-2-22(28)25-19-10-8-17(9-11-19)15-27-21-14-24-13-12-20(21)26-23(27)29-16-18-6-4-3-5-7-18/h8-14,18H,2-7,15-16H2,1H3,(H,25,28). The molecule has 0 bridgehead atoms. The average molecular weight is 409 g/mol. The van der Waals surface area contributed by atoms with E-state index < -0.39 is 0 Å². The van der Waals surface area contributed by atoms with Crippen LogP contribution in [-0.2, 0) is 11.3 Å². The summed E-state index contributed by atoms with van der Waals surface area (Å²) in [5.41, 5.74) is 4.09. The molecule has 5 nitrogen and oxygen atoms in total. The molecule has 0 atom stereocenters. The molecule has 29 heavy (non-hydrogen) atoms. The number of thioether (sulfide) groups is 1. The molecular formula is C23H28N4OS. The van der Waals surface area contributed by atoms with Gasteiger partial charge in [0.15, 0.2) is 5.16 Å². The van der Waals surface area contributed by atoms with Crippen molar-refractivity contribution in [2.45, 2.75) is 57.1 Å². The summed E-state index contributed by atoms with van der Waals surface area (Å²) < 4.78 is 2.27. The van der Waals surface area contributed by atoms with Crippen LogP contribution in [0.2, 0.25) is 0 Å². The molecule has 0 aliphatic heterocycles. The molecule has 2 aromatic heterocycles. The quantitative estimate of drug-likeness (QED) is 0.524. The van der Waals surface area contributed by atoms with Crippen LogP contribution in [0.4, 0.5) is 5.69 Å². The number of amides is 1. The van der Waals surface area contributed by atoms with Crippen LogP contribution in [0.15, 0.2) is 47.9 Å². The van der Waals surface area contributed by atoms with Crippen molar-refractivity contribution in [1.29, 1.82) is 0 Å². The Kier molecular flexibility index (Phi) is 6.49. The molecule has 1 saturated carbocycles. The van der Waals surface area contributed by atoms with E-state index in [-0.39, 0.29) is 5.91 Å². The normalized spacial score (nSPS) is 14.9. The first-order valence-electron chi connectivity index (χ1n) is 10.5. The van der Waals surface area contributed by atoms with Crippen LogP contribution < -0.4 is 5.32 Å². The minimum atomic E-state index is 0.0332. The van der Waals surface area contributed by atoms with E-state index >= 15 is 0 Å². The summed E-state index contributed by atoms with van der Waals surface area (Å²) in [4.78, 5) is 20.8. The Balaban J connectivity index is 1.52. The summed E-state index contributed by atoms with van der Waals surface area (Å²) >= 11 is 1.88. The molecule has 1 aliphatic rings. The fourth-order valence-corrected chi connectivity index (χ4v) is 5.08. The van der Waals surface area contributed by atoms with Gasteiger partial charge in [0.1, 0.15) is 0 Å². The summed E-state index contributed by atoms with van der Waals surface area (Å²) in [5, 5.41) is 3.97. The SMILES string of the molecule is CCC(=O)Nc1ccc(Cn2c(SCC3CCCCC3)nc3ccncc32)cc1. The highest BCUT2D eigenvalue weighted by atomic mass is 32.2. The van der Waals surface area contributed by atoms with Gasteiger partial charge in [0, 0.05) is 24.1 Å². The molecule has 0 radical (unpaired) electrons. The first-order chi connectivity index (χ1) is 14.2. The number of anilines is 1. The number of hydrogen-bond donors (Lipinski definition) is 1. The highest BCUT2D eigenvalue weighted by Crippen LogP contribution is 2.31. The Morgan fingerprint density at radius 2 is 1.97 bits per heavy atom. The topological polar surface area (TPSA) is 59.8 Å². The van der Waals surface area contributed by atoms with Gasteiger partial charge in [-0.1, -0.05) is 50.1 Å². The Morgan fingerprint density at radius 1 is 1.17 bits per heavy atom. The predicted octanol–water partition coefficient (Wildman–Crippen LogP) is 5.50. The summed E-state index contributed by atoms with van der Waals surface area (Å²) in [7, 11) is 0. The van der Waals surface area contributed by atoms with Crippen LogP contribution in [0.1, 0.15) is 51.0 Å². The summed E-state index contributed by atoms with van der Waals surface area (Å²) in [6.07, 6.45) is 11.0. The highest BCUT2D eigenvalue weighted by molar-refractivity contribution is 7.99. The van der Waals surface area contributed by atoms with E-state index in [2.05, 4.69) is 27.0 Å². The summed E-state index contributed by atoms with van der Waals surface area (Å²) in [6.45, 7) is 2.60. The molecule has 2 heterocycles. The van der Waals surface area contributed by atoms with Gasteiger partial charge in [-0.2, -0.15) is 0 Å². The summed E-state index contributed by atoms with van der Waals surface area (Å²) in [6, 6.07) is 10.1. The third-order valence-electron chi connectivity index (χ3n) is 5.59. The zero-order valence-corrected chi connectivity index (χ0v) is 17.8. The molecule has 0 saturated heterocycles. The molecule has 1 N–H and O–H groups in total. The number of aromatic nitrogens is 3. The Morgan fingerprint density at radius 3 is 2.72 bits per heavy atom. The zero-order chi connectivity index (χ0) is 20.1. The van der Waals surface area contributed by atoms with Gasteiger partial charge >= 0.3 is 0 Å². The van der Waals surface area contributed by atoms with Crippen LogP contribution in [0.5, 0.6) is 0 Å². The molecule has 1 aromatic carbocycles. The first kappa shape index (κ1) is 20.0. The van der Waals surface area contributed by atoms with Crippen molar-refractivity contribution in [2.24, 2.45) is 5.92 Å². The van der Waals surface area contributed by atoms with Crippen molar-refractivity contribution in [1.82, 2.24) is 14.5 Å². The first-order valence-corrected chi connectivity index (χ1v) is 11.5. The van der Waals surface area contributed by atoms with Gasteiger partial charge in [-0.15, -0.1) is 0 Å². The molecule has 1 aliphatic carbocycles. The highest BCUT2D eigenvalue weighted by Gasteiger charge is 2.17. The maximum Gasteiger partial charge on any atom is 0.224 e. The van der Waals surface area contributed by atoms with Gasteiger partial charge in [0.2, 0.25) is 5.91 Å². The number of benzene rings is 1. The monoisotopic (exact) mass is 408 g/mol. The molecule has 152 valence electrons. The predicted molar refractivity (Wildman–Crippen MR) is 119 cm³/mol. The number of carbonyl (C=O) groups is 1. The Labute approximate surface area is 176 Å². The minimum Gasteiger partial charge on any atom is -0.326 e. The van der Waals surface area contributed by atoms with Gasteiger partial charge in [-0.05, 0) is 42.5 Å². The molecule has 4 rings (SSSR count). The van der Waals surface area contributed by atoms with Gasteiger partial charge < -0.3 is 9.88 Å². The van der Waals surface area contributed by atoms with Crippen molar-refractivity contribution in [2.75, 3.05) is 11.1 Å². The number of fused-ring (bicyclic) bond motifs is 1. The lowest BCUT2D eigenvalue weighted by Gasteiger charge is -2.21. The van der Waals surface area contributed by atoms with Gasteiger partial charge in [0.05, 0.1) is 23.8 Å². The second kappa shape index (κ2) is 9.44. The molecule has 1 amide bonds. The van der Waals surface area contributed by atoms with Crippen molar-refractivity contribution in [3.8, 4) is 0 Å². The molecule has 3 aromatic rings. The van der Waals surface area contributed by atoms with E-state index in [1.807, 2.05) is 43.1 Å². The molecule has 0 spiro atoms. The van der Waals surface area contributed by atoms with Gasteiger partial charge in [-0.3, -0.25) is 9.78 Å². The third kappa shape index (κ3) is 4.99. The van der Waals surface area contributed by atoms with E-state index in [0.717, 1.165) is 40.1 Å². The molecule has 1 fully saturated rings. The van der Waals surface area contributed by atoms with Crippen molar-refractivity contribution in [3.63, 3.8) is 0 Å². The number of rotatable bonds is 7. The Hall–Kier alpha value is -2.34. The van der Waals surface area contributed by atoms with Crippen LogP contribution in [0, 0.1) is 5.92 Å². The number of nitrogens with zero attached hydrogens (tertiary/aromatic N) is 3. The number of nitrogens with one attached hydrogen (secondary N) is 1. The van der Waals surface area contributed by atoms with Gasteiger partial charge in [0.25, 0.3) is 0 Å². The van der Waals surface area contributed by atoms with Gasteiger partial charge in [-0.25, -0.2) is 4.98 Å². The van der Waals surface area contributed by atoms with E-state index in [0.29, 0.717) is 6.42 Å². The van der Waals surface area contributed by atoms with Crippen LogP contribution >= 0.6 is 11.8 Å². The average Bonchev–Trinajstić information content (AvgIpc) is 3.11. The van der Waals surface area contributed by atoms with E-state index in [4.69, 9.17) is 4.98 Å². The van der Waals surface area contributed by atoms with Crippen molar-refractivity contribution >= 4 is 34.4 Å². The largest absolute Gasteiger partial charge is 0.326 e. The fourth-order valence-electron chi connectivity index (χ4n) is 3.88. The maximum atomic E-state index is 11.6. The molecule has 6 heteroatoms. The minimum absolute atomic E-state index is 0.0332. The summed E-state index contributed by atoms with van der Waals surface area (Å²) in [5.74, 6) is 1.98. The third-order valence-corrected chi connectivity index (χ3v) is 6.80. The van der Waals surface area contributed by atoms with E-state index in [1.165, 1.54) is 37.7 Å². The van der Waals surface area contributed by atoms with Crippen LogP contribution in [0.25, 0.3) is 11.0 Å². The fraction of sp³-hybridized carbons (Fsp3) is 0.435. The van der Waals surface area contributed by atoms with Crippen molar-refractivity contribution < 1.29 is 4.79 Å². The lowest BCUT2D eigenvalue weighted by Crippen LogP contribution is -2.10. The van der Waals surface area contributed by atoms with Crippen LogP contribution in [0.3, 0.4) is 0 Å². The van der Waals surface area contributed by atoms with Crippen LogP contribution in [-0.4, -0.2) is 26.2 Å². The lowest BCUT2D eigenvalue weighted by atomic mass is 9.91. The maximum absolute atomic E-state index is 11.6. The number of pyridine rings is 1. The number of carbonyl (C=O) groups excluding carboxylic acids is 1.